The summed E-state index contributed by atoms with van der Waals surface area (Å²) in [6.07, 6.45) is 1.97. The van der Waals surface area contributed by atoms with Gasteiger partial charge in [-0.05, 0) is 30.0 Å². The van der Waals surface area contributed by atoms with E-state index in [1.165, 1.54) is 11.1 Å². The van der Waals surface area contributed by atoms with E-state index < -0.39 is 0 Å². The number of hydrogen-bond donors (Lipinski definition) is 1. The second kappa shape index (κ2) is 2.58. The van der Waals surface area contributed by atoms with Crippen molar-refractivity contribution in [3.63, 3.8) is 0 Å². The molecule has 1 aromatic carbocycles. The Morgan fingerprint density at radius 2 is 2.21 bits per heavy atom. The number of hydrogen-bond acceptors (Lipinski definition) is 3. The maximum atomic E-state index is 11.3. The summed E-state index contributed by atoms with van der Waals surface area (Å²) in [5, 5.41) is 0. The molecule has 0 fully saturated rings. The first-order chi connectivity index (χ1) is 6.77. The summed E-state index contributed by atoms with van der Waals surface area (Å²) in [6.45, 7) is 0.435. The Hall–Kier alpha value is -1.35. The van der Waals surface area contributed by atoms with Crippen LogP contribution in [0.25, 0.3) is 0 Å². The van der Waals surface area contributed by atoms with E-state index in [0.717, 1.165) is 24.0 Å². The fourth-order valence-corrected chi connectivity index (χ4v) is 2.38. The van der Waals surface area contributed by atoms with Gasteiger partial charge in [0.1, 0.15) is 6.61 Å². The largest absolute Gasteiger partial charge is 0.457 e. The molecule has 1 aliphatic heterocycles. The smallest absolute Gasteiger partial charge is 0.338 e. The Kier molecular flexibility index (Phi) is 1.47. The average molecular weight is 189 g/mol. The number of cyclic esters (lactones) is 1. The van der Waals surface area contributed by atoms with Crippen LogP contribution in [0.3, 0.4) is 0 Å². The third-order valence-corrected chi connectivity index (χ3v) is 3.14. The molecule has 14 heavy (non-hydrogen) atoms. The first-order valence-electron chi connectivity index (χ1n) is 4.84. The zero-order valence-electron chi connectivity index (χ0n) is 7.75. The highest BCUT2D eigenvalue weighted by atomic mass is 16.5. The minimum atomic E-state index is -0.191. The average Bonchev–Trinajstić information content (AvgIpc) is 2.72. The summed E-state index contributed by atoms with van der Waals surface area (Å²) in [5.41, 5.74) is 10.2. The molecule has 0 aromatic heterocycles. The van der Waals surface area contributed by atoms with Crippen molar-refractivity contribution >= 4 is 5.97 Å². The number of benzene rings is 1. The highest BCUT2D eigenvalue weighted by molar-refractivity contribution is 5.94. The molecule has 2 aliphatic rings. The molecule has 0 radical (unpaired) electrons. The number of esters is 1. The molecule has 2 N–H and O–H groups in total. The van der Waals surface area contributed by atoms with Gasteiger partial charge >= 0.3 is 5.97 Å². The number of carbonyl (C=O) groups excluding carboxylic acids is 1. The Labute approximate surface area is 81.9 Å². The van der Waals surface area contributed by atoms with Crippen LogP contribution in [0.15, 0.2) is 12.1 Å². The van der Waals surface area contributed by atoms with Gasteiger partial charge in [-0.2, -0.15) is 0 Å². The van der Waals surface area contributed by atoms with Crippen LogP contribution in [-0.4, -0.2) is 5.97 Å². The van der Waals surface area contributed by atoms with Crippen molar-refractivity contribution in [3.8, 4) is 0 Å². The summed E-state index contributed by atoms with van der Waals surface area (Å²) in [5.74, 6) is -0.191. The zero-order valence-corrected chi connectivity index (χ0v) is 7.75. The van der Waals surface area contributed by atoms with Gasteiger partial charge in [0.15, 0.2) is 0 Å². The van der Waals surface area contributed by atoms with Crippen LogP contribution in [0, 0.1) is 0 Å². The van der Waals surface area contributed by atoms with Gasteiger partial charge in [-0.3, -0.25) is 0 Å². The van der Waals surface area contributed by atoms with Gasteiger partial charge < -0.3 is 10.5 Å². The Bertz CT molecular complexity index is 426. The predicted octanol–water partition coefficient (Wildman–Crippen LogP) is 1.30. The molecule has 1 unspecified atom stereocenters. The quantitative estimate of drug-likeness (QED) is 0.626. The van der Waals surface area contributed by atoms with Gasteiger partial charge in [-0.15, -0.1) is 0 Å². The molecule has 3 nitrogen and oxygen atoms in total. The zero-order chi connectivity index (χ0) is 9.71. The summed E-state index contributed by atoms with van der Waals surface area (Å²) in [7, 11) is 0. The van der Waals surface area contributed by atoms with Gasteiger partial charge in [-0.1, -0.05) is 6.07 Å². The van der Waals surface area contributed by atoms with Crippen LogP contribution in [0.1, 0.15) is 39.5 Å². The number of ether oxygens (including phenoxy) is 1. The third kappa shape index (κ3) is 0.876. The van der Waals surface area contributed by atoms with E-state index in [9.17, 15) is 4.79 Å². The molecule has 72 valence electrons. The molecule has 0 saturated heterocycles. The number of nitrogens with two attached hydrogens (primary N) is 1. The van der Waals surface area contributed by atoms with Gasteiger partial charge in [0.05, 0.1) is 5.56 Å². The number of fused-ring (bicyclic) bond motifs is 3. The Morgan fingerprint density at radius 1 is 1.36 bits per heavy atom. The first kappa shape index (κ1) is 8.00. The highest BCUT2D eigenvalue weighted by Crippen LogP contribution is 2.36. The molecular formula is C11H11NO2. The van der Waals surface area contributed by atoms with Gasteiger partial charge in [0, 0.05) is 11.6 Å². The molecule has 0 spiro atoms. The minimum absolute atomic E-state index is 0.144. The van der Waals surface area contributed by atoms with Crippen molar-refractivity contribution in [2.75, 3.05) is 0 Å². The number of rotatable bonds is 0. The van der Waals surface area contributed by atoms with E-state index in [0.29, 0.717) is 6.61 Å². The fourth-order valence-electron chi connectivity index (χ4n) is 2.38. The molecule has 0 amide bonds. The molecule has 0 saturated carbocycles. The van der Waals surface area contributed by atoms with E-state index >= 15 is 0 Å². The van der Waals surface area contributed by atoms with Crippen molar-refractivity contribution in [1.29, 1.82) is 0 Å². The van der Waals surface area contributed by atoms with Crippen molar-refractivity contribution in [2.45, 2.75) is 25.5 Å². The van der Waals surface area contributed by atoms with Crippen molar-refractivity contribution in [1.82, 2.24) is 0 Å². The lowest BCUT2D eigenvalue weighted by Crippen LogP contribution is -2.05. The van der Waals surface area contributed by atoms with Crippen LogP contribution in [0.5, 0.6) is 0 Å². The fraction of sp³-hybridized carbons (Fsp3) is 0.364. The van der Waals surface area contributed by atoms with Crippen molar-refractivity contribution in [3.05, 3.63) is 34.4 Å². The first-order valence-corrected chi connectivity index (χ1v) is 4.84. The van der Waals surface area contributed by atoms with Crippen LogP contribution >= 0.6 is 0 Å². The lowest BCUT2D eigenvalue weighted by molar-refractivity contribution is 0.0535. The maximum absolute atomic E-state index is 11.3. The molecule has 1 heterocycles. The van der Waals surface area contributed by atoms with Gasteiger partial charge in [-0.25, -0.2) is 4.79 Å². The monoisotopic (exact) mass is 189 g/mol. The van der Waals surface area contributed by atoms with E-state index in [4.69, 9.17) is 10.5 Å². The minimum Gasteiger partial charge on any atom is -0.457 e. The lowest BCUT2D eigenvalue weighted by atomic mass is 9.99. The predicted molar refractivity (Wildman–Crippen MR) is 50.8 cm³/mol. The van der Waals surface area contributed by atoms with E-state index in [1.54, 1.807) is 0 Å². The van der Waals surface area contributed by atoms with Crippen LogP contribution in [-0.2, 0) is 17.8 Å². The third-order valence-electron chi connectivity index (χ3n) is 3.14. The molecule has 1 atom stereocenters. The van der Waals surface area contributed by atoms with Crippen LogP contribution in [0.4, 0.5) is 0 Å². The lowest BCUT2D eigenvalue weighted by Gasteiger charge is -2.06. The van der Waals surface area contributed by atoms with Crippen LogP contribution < -0.4 is 5.73 Å². The Balaban J connectivity index is 2.23. The van der Waals surface area contributed by atoms with E-state index in [2.05, 4.69) is 0 Å². The summed E-state index contributed by atoms with van der Waals surface area (Å²) in [4.78, 5) is 11.3. The standard InChI is InChI=1S/C11H11NO2/c12-10-4-3-6-7(10)1-2-8-9(6)5-14-11(8)13/h1-2,10H,3-5,12H2. The second-order valence-corrected chi connectivity index (χ2v) is 3.88. The summed E-state index contributed by atoms with van der Waals surface area (Å²) in [6, 6.07) is 3.96. The van der Waals surface area contributed by atoms with Gasteiger partial charge in [0.2, 0.25) is 0 Å². The molecule has 0 bridgehead atoms. The molecule has 1 aromatic rings. The maximum Gasteiger partial charge on any atom is 0.338 e. The molecular weight excluding hydrogens is 178 g/mol. The van der Waals surface area contributed by atoms with E-state index in [1.807, 2.05) is 12.1 Å². The van der Waals surface area contributed by atoms with Crippen molar-refractivity contribution in [2.24, 2.45) is 5.73 Å². The van der Waals surface area contributed by atoms with Gasteiger partial charge in [0.25, 0.3) is 0 Å². The summed E-state index contributed by atoms with van der Waals surface area (Å²) < 4.78 is 5.00. The normalized spacial score (nSPS) is 23.2. The van der Waals surface area contributed by atoms with Crippen LogP contribution in [0.2, 0.25) is 0 Å². The summed E-state index contributed by atoms with van der Waals surface area (Å²) >= 11 is 0. The Morgan fingerprint density at radius 3 is 3.07 bits per heavy atom. The van der Waals surface area contributed by atoms with Crippen molar-refractivity contribution < 1.29 is 9.53 Å². The number of carbonyl (C=O) groups is 1. The topological polar surface area (TPSA) is 52.3 Å². The van der Waals surface area contributed by atoms with E-state index in [-0.39, 0.29) is 12.0 Å². The molecule has 1 aliphatic carbocycles. The molecule has 3 heteroatoms. The SMILES string of the molecule is NC1CCc2c1ccc1c2COC1=O. The second-order valence-electron chi connectivity index (χ2n) is 3.88. The molecule has 3 rings (SSSR count). The highest BCUT2D eigenvalue weighted by Gasteiger charge is 2.29.